The Hall–Kier alpha value is 1.19. The number of nitrogens with zero attached hydrogens (tertiary/aromatic N) is 1. The van der Waals surface area contributed by atoms with Gasteiger partial charge < -0.3 is 4.23 Å². The number of unbranched alkanes of at least 4 members (excludes halogenated alkanes) is 2. The van der Waals surface area contributed by atoms with E-state index in [4.69, 9.17) is 22.2 Å². The van der Waals surface area contributed by atoms with Gasteiger partial charge in [-0.15, -0.1) is 0 Å². The first-order valence-corrected chi connectivity index (χ1v) is 20.3. The van der Waals surface area contributed by atoms with Crippen LogP contribution >= 0.6 is 22.2 Å². The van der Waals surface area contributed by atoms with Crippen molar-refractivity contribution in [1.29, 1.82) is 0 Å². The van der Waals surface area contributed by atoms with E-state index in [1.165, 1.54) is 25.7 Å². The molecule has 0 fully saturated rings. The van der Waals surface area contributed by atoms with E-state index >= 15 is 0 Å². The summed E-state index contributed by atoms with van der Waals surface area (Å²) in [5.74, 6) is 0. The van der Waals surface area contributed by atoms with Crippen LogP contribution in [0.4, 0.5) is 0 Å². The molecule has 0 aromatic carbocycles. The van der Waals surface area contributed by atoms with Crippen molar-refractivity contribution in [3.05, 3.63) is 0 Å². The molecule has 25 heavy (non-hydrogen) atoms. The van der Waals surface area contributed by atoms with Crippen molar-refractivity contribution in [2.24, 2.45) is 0 Å². The Morgan fingerprint density at radius 1 is 0.840 bits per heavy atom. The van der Waals surface area contributed by atoms with Gasteiger partial charge in [0.1, 0.15) is 16.5 Å². The molecule has 1 unspecified atom stereocenters. The van der Waals surface area contributed by atoms with Gasteiger partial charge in [0, 0.05) is 0 Å². The summed E-state index contributed by atoms with van der Waals surface area (Å²) in [4.78, 5) is 0. The molecular formula is C19H45Cl2NSi3. The zero-order valence-electron chi connectivity index (χ0n) is 18.9. The maximum absolute atomic E-state index is 6.47. The summed E-state index contributed by atoms with van der Waals surface area (Å²) < 4.78 is 3.07. The Labute approximate surface area is 172 Å². The molecule has 0 spiro atoms. The number of halogens is 2. The quantitative estimate of drug-likeness (QED) is 0.199. The van der Waals surface area contributed by atoms with Gasteiger partial charge in [-0.2, -0.15) is 22.2 Å². The summed E-state index contributed by atoms with van der Waals surface area (Å²) in [6.45, 7) is 27.3. The van der Waals surface area contributed by atoms with Crippen molar-refractivity contribution in [2.75, 3.05) is 0 Å². The Kier molecular flexibility index (Phi) is 10.1. The molecule has 6 heteroatoms. The second kappa shape index (κ2) is 9.60. The molecule has 0 aromatic heterocycles. The second-order valence-corrected chi connectivity index (χ2v) is 26.5. The summed E-state index contributed by atoms with van der Waals surface area (Å²) in [6, 6.07) is 1.60. The van der Waals surface area contributed by atoms with E-state index < -0.39 is 23.9 Å². The van der Waals surface area contributed by atoms with Crippen molar-refractivity contribution in [1.82, 2.24) is 4.23 Å². The zero-order valence-corrected chi connectivity index (χ0v) is 23.6. The van der Waals surface area contributed by atoms with E-state index in [-0.39, 0.29) is 0 Å². The number of rotatable bonds is 9. The molecule has 0 saturated carbocycles. The van der Waals surface area contributed by atoms with Crippen LogP contribution in [0.25, 0.3) is 0 Å². The topological polar surface area (TPSA) is 3.24 Å². The van der Waals surface area contributed by atoms with Gasteiger partial charge in [-0.3, -0.25) is 0 Å². The molecule has 0 aliphatic heterocycles. The van der Waals surface area contributed by atoms with Crippen LogP contribution in [0.5, 0.6) is 0 Å². The first kappa shape index (κ1) is 26.2. The lowest BCUT2D eigenvalue weighted by molar-refractivity contribution is 0.389. The maximum atomic E-state index is 6.47. The molecule has 0 aromatic rings. The third kappa shape index (κ3) is 6.94. The van der Waals surface area contributed by atoms with Gasteiger partial charge in [0.2, 0.25) is 7.42 Å². The van der Waals surface area contributed by atoms with Gasteiger partial charge in [-0.1, -0.05) is 93.9 Å². The molecule has 0 amide bonds. The minimum Gasteiger partial charge on any atom is -0.342 e. The SMILES string of the molecule is CCCCCC(C[SiH](Cl)Cl)N([Si](C)(C)C(C)(C)C)[Si](C)(C)C(C)(C)C. The average molecular weight is 443 g/mol. The van der Waals surface area contributed by atoms with Gasteiger partial charge in [-0.25, -0.2) is 0 Å². The van der Waals surface area contributed by atoms with Crippen LogP contribution in [0, 0.1) is 0 Å². The van der Waals surface area contributed by atoms with Crippen molar-refractivity contribution in [3.63, 3.8) is 0 Å². The predicted octanol–water partition coefficient (Wildman–Crippen LogP) is 7.95. The molecule has 152 valence electrons. The molecule has 1 atom stereocenters. The van der Waals surface area contributed by atoms with Crippen molar-refractivity contribution in [2.45, 2.75) is 122 Å². The highest BCUT2D eigenvalue weighted by atomic mass is 35.7. The van der Waals surface area contributed by atoms with E-state index in [0.717, 1.165) is 6.04 Å². The van der Waals surface area contributed by atoms with Crippen LogP contribution in [-0.4, -0.2) is 34.2 Å². The van der Waals surface area contributed by atoms with Gasteiger partial charge in [-0.05, 0) is 28.6 Å². The standard InChI is InChI=1S/C19H45Cl2NSi3/c1-12-13-14-15-17(16-23(20)21)22(24(8,9)18(2,3)4)25(10,11)19(5,6)7/h17,23H,12-16H2,1-11H3. The lowest BCUT2D eigenvalue weighted by atomic mass is 10.1. The normalized spacial score (nSPS) is 16.0. The molecule has 0 bridgehead atoms. The lowest BCUT2D eigenvalue weighted by Gasteiger charge is -2.60. The molecule has 0 heterocycles. The Morgan fingerprint density at radius 3 is 1.52 bits per heavy atom. The number of hydrogen-bond acceptors (Lipinski definition) is 1. The Bertz CT molecular complexity index is 372. The summed E-state index contributed by atoms with van der Waals surface area (Å²) in [5.41, 5.74) is 0. The Balaban J connectivity index is 6.13. The highest BCUT2D eigenvalue weighted by Gasteiger charge is 2.53. The molecule has 0 N–H and O–H groups in total. The molecule has 1 nitrogen and oxygen atoms in total. The molecule has 0 aliphatic rings. The third-order valence-electron chi connectivity index (χ3n) is 6.83. The fourth-order valence-electron chi connectivity index (χ4n) is 3.52. The van der Waals surface area contributed by atoms with Crippen molar-refractivity contribution >= 4 is 46.0 Å². The van der Waals surface area contributed by atoms with Crippen LogP contribution in [0.3, 0.4) is 0 Å². The average Bonchev–Trinajstić information content (AvgIpc) is 2.34. The highest BCUT2D eigenvalue weighted by Crippen LogP contribution is 2.49. The number of hydrogen-bond donors (Lipinski definition) is 0. The van der Waals surface area contributed by atoms with E-state index in [0.29, 0.717) is 16.1 Å². The van der Waals surface area contributed by atoms with Crippen LogP contribution in [-0.2, 0) is 0 Å². The summed E-state index contributed by atoms with van der Waals surface area (Å²) >= 11 is 12.9. The van der Waals surface area contributed by atoms with E-state index in [1.807, 2.05) is 0 Å². The second-order valence-electron chi connectivity index (χ2n) is 10.8. The van der Waals surface area contributed by atoms with Crippen molar-refractivity contribution < 1.29 is 0 Å². The van der Waals surface area contributed by atoms with E-state index in [9.17, 15) is 0 Å². The summed E-state index contributed by atoms with van der Waals surface area (Å²) in [7, 11) is -4.98. The van der Waals surface area contributed by atoms with Crippen molar-refractivity contribution in [3.8, 4) is 0 Å². The van der Waals surface area contributed by atoms with Gasteiger partial charge in [0.15, 0.2) is 0 Å². The molecule has 0 aliphatic carbocycles. The largest absolute Gasteiger partial charge is 0.342 e. The lowest BCUT2D eigenvalue weighted by Crippen LogP contribution is -2.71. The van der Waals surface area contributed by atoms with E-state index in [2.05, 4.69) is 78.9 Å². The smallest absolute Gasteiger partial charge is 0.238 e. The fourth-order valence-corrected chi connectivity index (χ4v) is 17.4. The first-order valence-electron chi connectivity index (χ1n) is 10.1. The molecule has 0 saturated heterocycles. The van der Waals surface area contributed by atoms with Gasteiger partial charge in [0.05, 0.1) is 0 Å². The minimum atomic E-state index is -1.67. The molecule has 0 radical (unpaired) electrons. The van der Waals surface area contributed by atoms with E-state index in [1.54, 1.807) is 0 Å². The summed E-state index contributed by atoms with van der Waals surface area (Å²) in [6.07, 6.45) is 5.15. The maximum Gasteiger partial charge on any atom is 0.238 e. The highest BCUT2D eigenvalue weighted by molar-refractivity contribution is 7.33. The third-order valence-corrected chi connectivity index (χ3v) is 22.6. The van der Waals surface area contributed by atoms with Crippen LogP contribution in [0.1, 0.15) is 74.1 Å². The summed E-state index contributed by atoms with van der Waals surface area (Å²) in [5, 5.41) is 0.669. The fraction of sp³-hybridized carbons (Fsp3) is 1.00. The molecular weight excluding hydrogens is 397 g/mol. The van der Waals surface area contributed by atoms with Crippen LogP contribution < -0.4 is 0 Å². The monoisotopic (exact) mass is 441 g/mol. The predicted molar refractivity (Wildman–Crippen MR) is 128 cm³/mol. The molecule has 0 rings (SSSR count). The van der Waals surface area contributed by atoms with Gasteiger partial charge >= 0.3 is 0 Å². The Morgan fingerprint density at radius 2 is 1.24 bits per heavy atom. The first-order chi connectivity index (χ1) is 11.0. The minimum absolute atomic E-state index is 0.335. The van der Waals surface area contributed by atoms with Gasteiger partial charge in [0.25, 0.3) is 0 Å². The zero-order chi connectivity index (χ0) is 20.3. The van der Waals surface area contributed by atoms with Crippen LogP contribution in [0.15, 0.2) is 0 Å². The van der Waals surface area contributed by atoms with Crippen LogP contribution in [0.2, 0.25) is 42.3 Å².